The molecular weight excluding hydrogens is 338 g/mol. The number of likely N-dealkylation sites (tertiary alicyclic amines) is 1. The Hall–Kier alpha value is -1.73. The summed E-state index contributed by atoms with van der Waals surface area (Å²) in [6, 6.07) is 8.65. The van der Waals surface area contributed by atoms with Crippen LogP contribution in [-0.4, -0.2) is 60.5 Å². The van der Waals surface area contributed by atoms with Crippen LogP contribution >= 0.6 is 11.8 Å². The molecule has 138 valence electrons. The summed E-state index contributed by atoms with van der Waals surface area (Å²) in [5, 5.41) is 2.82. The van der Waals surface area contributed by atoms with Crippen molar-refractivity contribution in [1.82, 2.24) is 10.2 Å². The third kappa shape index (κ3) is 6.59. The number of para-hydroxylation sites is 1. The molecule has 2 atom stereocenters. The lowest BCUT2D eigenvalue weighted by atomic mass is 10.0. The highest BCUT2D eigenvalue weighted by molar-refractivity contribution is 7.98. The molecule has 7 heteroatoms. The molecule has 3 N–H and O–H groups in total. The van der Waals surface area contributed by atoms with Gasteiger partial charge in [0.1, 0.15) is 11.8 Å². The molecule has 0 aliphatic carbocycles. The summed E-state index contributed by atoms with van der Waals surface area (Å²) in [6.45, 7) is 1.16. The fraction of sp³-hybridized carbons (Fsp3) is 0.556. The van der Waals surface area contributed by atoms with Crippen LogP contribution in [0.3, 0.4) is 0 Å². The quantitative estimate of drug-likeness (QED) is 0.724. The van der Waals surface area contributed by atoms with Crippen molar-refractivity contribution in [2.45, 2.75) is 31.3 Å². The van der Waals surface area contributed by atoms with Crippen molar-refractivity contribution in [2.24, 2.45) is 5.73 Å². The van der Waals surface area contributed by atoms with E-state index in [0.29, 0.717) is 25.3 Å². The maximum absolute atomic E-state index is 12.8. The number of piperidine rings is 1. The van der Waals surface area contributed by atoms with Gasteiger partial charge in [-0.25, -0.2) is 0 Å². The van der Waals surface area contributed by atoms with Crippen LogP contribution in [0.5, 0.6) is 5.75 Å². The van der Waals surface area contributed by atoms with Gasteiger partial charge in [-0.3, -0.25) is 9.59 Å². The highest BCUT2D eigenvalue weighted by Gasteiger charge is 2.28. The van der Waals surface area contributed by atoms with Gasteiger partial charge in [-0.15, -0.1) is 0 Å². The molecule has 2 unspecified atom stereocenters. The van der Waals surface area contributed by atoms with E-state index >= 15 is 0 Å². The van der Waals surface area contributed by atoms with Crippen molar-refractivity contribution >= 4 is 23.6 Å². The molecule has 6 nitrogen and oxygen atoms in total. The van der Waals surface area contributed by atoms with Crippen molar-refractivity contribution in [2.75, 3.05) is 31.7 Å². The Morgan fingerprint density at radius 2 is 2.16 bits per heavy atom. The summed E-state index contributed by atoms with van der Waals surface area (Å²) in [4.78, 5) is 26.7. The van der Waals surface area contributed by atoms with Gasteiger partial charge < -0.3 is 20.7 Å². The number of nitrogens with zero attached hydrogens (tertiary/aromatic N) is 1. The van der Waals surface area contributed by atoms with Crippen molar-refractivity contribution in [3.8, 4) is 5.75 Å². The Balaban J connectivity index is 1.89. The van der Waals surface area contributed by atoms with Crippen LogP contribution in [0.2, 0.25) is 0 Å². The van der Waals surface area contributed by atoms with Gasteiger partial charge in [0.05, 0.1) is 0 Å². The summed E-state index contributed by atoms with van der Waals surface area (Å²) in [5.41, 5.74) is 5.97. The minimum absolute atomic E-state index is 0.0241. The molecule has 1 fully saturated rings. The number of hydrogen-bond donors (Lipinski definition) is 2. The number of carbonyl (C=O) groups excluding carboxylic acids is 2. The topological polar surface area (TPSA) is 84.7 Å². The van der Waals surface area contributed by atoms with Crippen LogP contribution in [0.25, 0.3) is 0 Å². The van der Waals surface area contributed by atoms with E-state index in [0.717, 1.165) is 18.6 Å². The van der Waals surface area contributed by atoms with Crippen LogP contribution in [-0.2, 0) is 9.59 Å². The monoisotopic (exact) mass is 365 g/mol. The van der Waals surface area contributed by atoms with Crippen LogP contribution in [0.15, 0.2) is 30.3 Å². The predicted octanol–water partition coefficient (Wildman–Crippen LogP) is 1.25. The highest BCUT2D eigenvalue weighted by atomic mass is 32.2. The van der Waals surface area contributed by atoms with Crippen molar-refractivity contribution in [3.63, 3.8) is 0 Å². The summed E-state index contributed by atoms with van der Waals surface area (Å²) in [6.07, 6.45) is 4.44. The first-order chi connectivity index (χ1) is 12.1. The standard InChI is InChI=1S/C18H27N3O3S/c1-25-11-9-16(18(23)21-10-5-6-14(19)12-21)20-17(22)13-24-15-7-3-2-4-8-15/h2-4,7-8,14,16H,5-6,9-13,19H2,1H3,(H,20,22). The van der Waals surface area contributed by atoms with Gasteiger partial charge in [0, 0.05) is 19.1 Å². The van der Waals surface area contributed by atoms with Gasteiger partial charge in [0.2, 0.25) is 5.91 Å². The van der Waals surface area contributed by atoms with Gasteiger partial charge in [0.15, 0.2) is 6.61 Å². The number of nitrogens with one attached hydrogen (secondary N) is 1. The van der Waals surface area contributed by atoms with E-state index in [9.17, 15) is 9.59 Å². The fourth-order valence-corrected chi connectivity index (χ4v) is 3.30. The molecule has 0 saturated carbocycles. The third-order valence-electron chi connectivity index (χ3n) is 4.13. The van der Waals surface area contributed by atoms with Crippen LogP contribution < -0.4 is 15.8 Å². The predicted molar refractivity (Wildman–Crippen MR) is 101 cm³/mol. The van der Waals surface area contributed by atoms with Crippen LogP contribution in [0.1, 0.15) is 19.3 Å². The normalized spacial score (nSPS) is 18.5. The Bertz CT molecular complexity index is 556. The van der Waals surface area contributed by atoms with Gasteiger partial charge in [-0.05, 0) is 43.4 Å². The molecule has 1 heterocycles. The Morgan fingerprint density at radius 3 is 2.84 bits per heavy atom. The average molecular weight is 365 g/mol. The average Bonchev–Trinajstić information content (AvgIpc) is 2.63. The fourth-order valence-electron chi connectivity index (χ4n) is 2.83. The number of amides is 2. The molecule has 1 aliphatic heterocycles. The third-order valence-corrected chi connectivity index (χ3v) is 4.77. The molecule has 0 bridgehead atoms. The van der Waals surface area contributed by atoms with E-state index in [2.05, 4.69) is 5.32 Å². The molecule has 25 heavy (non-hydrogen) atoms. The number of nitrogens with two attached hydrogens (primary N) is 1. The minimum Gasteiger partial charge on any atom is -0.484 e. The Morgan fingerprint density at radius 1 is 1.40 bits per heavy atom. The zero-order valence-electron chi connectivity index (χ0n) is 14.6. The summed E-state index contributed by atoms with van der Waals surface area (Å²) < 4.78 is 5.45. The highest BCUT2D eigenvalue weighted by Crippen LogP contribution is 2.12. The van der Waals surface area contributed by atoms with E-state index in [1.165, 1.54) is 0 Å². The van der Waals surface area contributed by atoms with Crippen molar-refractivity contribution in [3.05, 3.63) is 30.3 Å². The number of thioether (sulfide) groups is 1. The summed E-state index contributed by atoms with van der Waals surface area (Å²) in [5.74, 6) is 1.10. The molecule has 0 radical (unpaired) electrons. The molecule has 1 aromatic carbocycles. The second-order valence-corrected chi connectivity index (χ2v) is 7.18. The zero-order valence-corrected chi connectivity index (χ0v) is 15.5. The summed E-state index contributed by atoms with van der Waals surface area (Å²) >= 11 is 1.65. The van der Waals surface area contributed by atoms with Gasteiger partial charge in [-0.1, -0.05) is 18.2 Å². The van der Waals surface area contributed by atoms with E-state index in [-0.39, 0.29) is 24.5 Å². The van der Waals surface area contributed by atoms with Crippen molar-refractivity contribution < 1.29 is 14.3 Å². The molecular formula is C18H27N3O3S. The first-order valence-corrected chi connectivity index (χ1v) is 10.00. The Kier molecular flexibility index (Phi) is 8.08. The lowest BCUT2D eigenvalue weighted by Gasteiger charge is -2.33. The number of hydrogen-bond acceptors (Lipinski definition) is 5. The van der Waals surface area contributed by atoms with Gasteiger partial charge >= 0.3 is 0 Å². The maximum Gasteiger partial charge on any atom is 0.258 e. The summed E-state index contributed by atoms with van der Waals surface area (Å²) in [7, 11) is 0. The first kappa shape index (κ1) is 19.6. The number of rotatable bonds is 8. The lowest BCUT2D eigenvalue weighted by Crippen LogP contribution is -2.54. The number of benzene rings is 1. The molecule has 1 saturated heterocycles. The largest absolute Gasteiger partial charge is 0.484 e. The van der Waals surface area contributed by atoms with E-state index in [4.69, 9.17) is 10.5 Å². The van der Waals surface area contributed by atoms with E-state index < -0.39 is 6.04 Å². The van der Waals surface area contributed by atoms with Crippen LogP contribution in [0.4, 0.5) is 0 Å². The number of ether oxygens (including phenoxy) is 1. The van der Waals surface area contributed by atoms with E-state index in [1.54, 1.807) is 28.8 Å². The minimum atomic E-state index is -0.523. The molecule has 0 aromatic heterocycles. The lowest BCUT2D eigenvalue weighted by molar-refractivity contribution is -0.137. The van der Waals surface area contributed by atoms with Crippen LogP contribution in [0, 0.1) is 0 Å². The molecule has 2 amide bonds. The molecule has 1 aliphatic rings. The number of carbonyl (C=O) groups is 2. The van der Waals surface area contributed by atoms with Crippen molar-refractivity contribution in [1.29, 1.82) is 0 Å². The molecule has 2 rings (SSSR count). The molecule has 1 aromatic rings. The van der Waals surface area contributed by atoms with E-state index in [1.807, 2.05) is 24.5 Å². The first-order valence-electron chi connectivity index (χ1n) is 8.60. The second-order valence-electron chi connectivity index (χ2n) is 6.19. The molecule has 0 spiro atoms. The SMILES string of the molecule is CSCCC(NC(=O)COc1ccccc1)C(=O)N1CCCC(N)C1. The zero-order chi connectivity index (χ0) is 18.1. The second kappa shape index (κ2) is 10.3. The maximum atomic E-state index is 12.8. The van der Waals surface area contributed by atoms with Gasteiger partial charge in [0.25, 0.3) is 5.91 Å². The smallest absolute Gasteiger partial charge is 0.258 e. The van der Waals surface area contributed by atoms with Gasteiger partial charge in [-0.2, -0.15) is 11.8 Å². The Labute approximate surface area is 153 Å².